The minimum atomic E-state index is -0.204. The Morgan fingerprint density at radius 3 is 2.76 bits per heavy atom. The summed E-state index contributed by atoms with van der Waals surface area (Å²) in [5, 5.41) is 7.07. The highest BCUT2D eigenvalue weighted by Crippen LogP contribution is 2.28. The van der Waals surface area contributed by atoms with E-state index in [0.29, 0.717) is 22.3 Å². The van der Waals surface area contributed by atoms with Gasteiger partial charge in [0, 0.05) is 18.8 Å². The van der Waals surface area contributed by atoms with E-state index in [2.05, 4.69) is 10.6 Å². The Morgan fingerprint density at radius 2 is 1.95 bits per heavy atom. The lowest BCUT2D eigenvalue weighted by molar-refractivity contribution is -0.117. The molecule has 1 unspecified atom stereocenters. The summed E-state index contributed by atoms with van der Waals surface area (Å²) in [5.41, 5.74) is 2.89. The maximum absolute atomic E-state index is 12.5. The van der Waals surface area contributed by atoms with E-state index in [0.717, 1.165) is 17.7 Å². The van der Waals surface area contributed by atoms with Crippen LogP contribution in [0, 0.1) is 0 Å². The van der Waals surface area contributed by atoms with Gasteiger partial charge in [0.2, 0.25) is 5.91 Å². The summed E-state index contributed by atoms with van der Waals surface area (Å²) in [5.74, 6) is -0.252. The van der Waals surface area contributed by atoms with Crippen LogP contribution < -0.4 is 10.6 Å². The monoisotopic (exact) mass is 320 g/mol. The zero-order valence-corrected chi connectivity index (χ0v) is 12.7. The summed E-state index contributed by atoms with van der Waals surface area (Å²) in [6.45, 7) is 1.43. The average molecular weight is 321 g/mol. The molecule has 0 aromatic heterocycles. The average Bonchev–Trinajstić information content (AvgIpc) is 2.50. The first-order valence-electron chi connectivity index (χ1n) is 6.69. The highest BCUT2D eigenvalue weighted by atomic mass is 35.5. The number of anilines is 1. The summed E-state index contributed by atoms with van der Waals surface area (Å²) in [6, 6.07) is 13.1. The second-order valence-electron chi connectivity index (χ2n) is 5.00. The zero-order chi connectivity index (χ0) is 14.8. The number of fused-ring (bicyclic) bond motifs is 1. The second kappa shape index (κ2) is 6.06. The molecule has 3 rings (SSSR count). The van der Waals surface area contributed by atoms with Gasteiger partial charge >= 0.3 is 0 Å². The predicted octanol–water partition coefficient (Wildman–Crippen LogP) is 3.82. The molecule has 0 fully saturated rings. The van der Waals surface area contributed by atoms with Crippen LogP contribution in [0.2, 0.25) is 10.0 Å². The number of benzene rings is 2. The van der Waals surface area contributed by atoms with Gasteiger partial charge in [0.25, 0.3) is 0 Å². The van der Waals surface area contributed by atoms with E-state index in [4.69, 9.17) is 23.2 Å². The normalized spacial score (nSPS) is 17.1. The lowest BCUT2D eigenvalue weighted by Gasteiger charge is -2.25. The van der Waals surface area contributed by atoms with Crippen molar-refractivity contribution in [3.63, 3.8) is 0 Å². The van der Waals surface area contributed by atoms with Crippen LogP contribution in [0.5, 0.6) is 0 Å². The van der Waals surface area contributed by atoms with Crippen LogP contribution >= 0.6 is 23.2 Å². The van der Waals surface area contributed by atoms with Gasteiger partial charge < -0.3 is 10.6 Å². The van der Waals surface area contributed by atoms with Gasteiger partial charge in [-0.3, -0.25) is 4.79 Å². The maximum atomic E-state index is 12.5. The fraction of sp³-hybridized carbons (Fsp3) is 0.188. The van der Waals surface area contributed by atoms with Gasteiger partial charge in [0.1, 0.15) is 0 Å². The lowest BCUT2D eigenvalue weighted by atomic mass is 9.90. The third-order valence-electron chi connectivity index (χ3n) is 3.60. The summed E-state index contributed by atoms with van der Waals surface area (Å²) < 4.78 is 0. The van der Waals surface area contributed by atoms with E-state index < -0.39 is 0 Å². The molecule has 2 aromatic carbocycles. The van der Waals surface area contributed by atoms with Gasteiger partial charge in [-0.2, -0.15) is 0 Å². The molecule has 1 heterocycles. The number of rotatable bonds is 2. The first kappa shape index (κ1) is 14.4. The van der Waals surface area contributed by atoms with E-state index in [-0.39, 0.29) is 11.8 Å². The SMILES string of the molecule is O=C(Nc1ccc(Cl)c(Cl)c1)C1CNCc2ccccc21. The van der Waals surface area contributed by atoms with E-state index in [1.807, 2.05) is 24.3 Å². The largest absolute Gasteiger partial charge is 0.325 e. The van der Waals surface area contributed by atoms with Crippen LogP contribution in [0.3, 0.4) is 0 Å². The van der Waals surface area contributed by atoms with Crippen LogP contribution in [-0.4, -0.2) is 12.5 Å². The van der Waals surface area contributed by atoms with Crippen molar-refractivity contribution >= 4 is 34.8 Å². The third-order valence-corrected chi connectivity index (χ3v) is 4.34. The van der Waals surface area contributed by atoms with Crippen LogP contribution in [0.25, 0.3) is 0 Å². The van der Waals surface area contributed by atoms with Crippen molar-refractivity contribution in [3.8, 4) is 0 Å². The topological polar surface area (TPSA) is 41.1 Å². The van der Waals surface area contributed by atoms with Crippen molar-refractivity contribution in [1.29, 1.82) is 0 Å². The fourth-order valence-electron chi connectivity index (χ4n) is 2.53. The van der Waals surface area contributed by atoms with Crippen molar-refractivity contribution < 1.29 is 4.79 Å². The third kappa shape index (κ3) is 3.05. The standard InChI is InChI=1S/C16H14Cl2N2O/c17-14-6-5-11(7-15(14)18)20-16(21)13-9-19-8-10-3-1-2-4-12(10)13/h1-7,13,19H,8-9H2,(H,20,21). The molecule has 0 bridgehead atoms. The number of nitrogens with one attached hydrogen (secondary N) is 2. The molecule has 0 saturated carbocycles. The molecule has 1 amide bonds. The molecular weight excluding hydrogens is 307 g/mol. The van der Waals surface area contributed by atoms with Gasteiger partial charge in [0.05, 0.1) is 16.0 Å². The minimum absolute atomic E-state index is 0.0481. The first-order chi connectivity index (χ1) is 10.1. The number of carbonyl (C=O) groups is 1. The number of hydrogen-bond donors (Lipinski definition) is 2. The molecule has 1 aliphatic heterocycles. The Labute approximate surface area is 133 Å². The van der Waals surface area contributed by atoms with Crippen molar-refractivity contribution in [2.75, 3.05) is 11.9 Å². The van der Waals surface area contributed by atoms with E-state index in [1.54, 1.807) is 18.2 Å². The summed E-state index contributed by atoms with van der Waals surface area (Å²) in [4.78, 5) is 12.5. The Hall–Kier alpha value is -1.55. The van der Waals surface area contributed by atoms with Crippen LogP contribution in [0.4, 0.5) is 5.69 Å². The number of halogens is 2. The Balaban J connectivity index is 1.81. The van der Waals surface area contributed by atoms with Gasteiger partial charge in [-0.15, -0.1) is 0 Å². The van der Waals surface area contributed by atoms with E-state index in [1.165, 1.54) is 0 Å². The van der Waals surface area contributed by atoms with Crippen molar-refractivity contribution in [3.05, 3.63) is 63.6 Å². The maximum Gasteiger partial charge on any atom is 0.233 e. The first-order valence-corrected chi connectivity index (χ1v) is 7.45. The fourth-order valence-corrected chi connectivity index (χ4v) is 2.83. The van der Waals surface area contributed by atoms with Crippen LogP contribution in [-0.2, 0) is 11.3 Å². The molecule has 0 saturated heterocycles. The Kier molecular flexibility index (Phi) is 4.15. The molecule has 0 aliphatic carbocycles. The molecule has 5 heteroatoms. The van der Waals surface area contributed by atoms with Crippen LogP contribution in [0.1, 0.15) is 17.0 Å². The molecule has 21 heavy (non-hydrogen) atoms. The number of hydrogen-bond acceptors (Lipinski definition) is 2. The van der Waals surface area contributed by atoms with E-state index in [9.17, 15) is 4.79 Å². The lowest BCUT2D eigenvalue weighted by Crippen LogP contribution is -2.35. The zero-order valence-electron chi connectivity index (χ0n) is 11.2. The molecule has 2 aromatic rings. The Bertz CT molecular complexity index is 688. The smallest absolute Gasteiger partial charge is 0.233 e. The molecule has 0 spiro atoms. The second-order valence-corrected chi connectivity index (χ2v) is 5.81. The highest BCUT2D eigenvalue weighted by molar-refractivity contribution is 6.42. The van der Waals surface area contributed by atoms with Crippen molar-refractivity contribution in [2.45, 2.75) is 12.5 Å². The van der Waals surface area contributed by atoms with Gasteiger partial charge in [-0.1, -0.05) is 47.5 Å². The number of amides is 1. The van der Waals surface area contributed by atoms with E-state index >= 15 is 0 Å². The van der Waals surface area contributed by atoms with Crippen molar-refractivity contribution in [1.82, 2.24) is 5.32 Å². The molecule has 3 nitrogen and oxygen atoms in total. The number of carbonyl (C=O) groups excluding carboxylic acids is 1. The highest BCUT2D eigenvalue weighted by Gasteiger charge is 2.26. The summed E-state index contributed by atoms with van der Waals surface area (Å²) in [6.07, 6.45) is 0. The van der Waals surface area contributed by atoms with Crippen LogP contribution in [0.15, 0.2) is 42.5 Å². The molecule has 108 valence electrons. The molecule has 1 aliphatic rings. The minimum Gasteiger partial charge on any atom is -0.325 e. The molecule has 2 N–H and O–H groups in total. The summed E-state index contributed by atoms with van der Waals surface area (Å²) >= 11 is 11.8. The quantitative estimate of drug-likeness (QED) is 0.883. The van der Waals surface area contributed by atoms with Gasteiger partial charge in [-0.05, 0) is 29.3 Å². The molecule has 1 atom stereocenters. The van der Waals surface area contributed by atoms with Gasteiger partial charge in [0.15, 0.2) is 0 Å². The van der Waals surface area contributed by atoms with Crippen molar-refractivity contribution in [2.24, 2.45) is 0 Å². The van der Waals surface area contributed by atoms with Gasteiger partial charge in [-0.25, -0.2) is 0 Å². The molecular formula is C16H14Cl2N2O. The predicted molar refractivity (Wildman–Crippen MR) is 86.0 cm³/mol. The summed E-state index contributed by atoms with van der Waals surface area (Å²) in [7, 11) is 0. The molecule has 0 radical (unpaired) electrons. The Morgan fingerprint density at radius 1 is 1.14 bits per heavy atom.